The zero-order chi connectivity index (χ0) is 51.9. The number of amides is 1. The Labute approximate surface area is 404 Å². The fraction of sp³-hybridized carbons (Fsp3) is 0.500. The normalized spacial score (nSPS) is 30.3. The molecule has 0 bridgehead atoms. The summed E-state index contributed by atoms with van der Waals surface area (Å²) in [6.45, 7) is 9.97. The number of hydrogen-bond acceptors (Lipinski definition) is 18. The van der Waals surface area contributed by atoms with Gasteiger partial charge in [0, 0.05) is 64.9 Å². The van der Waals surface area contributed by atoms with Crippen molar-refractivity contribution in [2.24, 2.45) is 22.7 Å². The number of aliphatic hydroxyl groups is 5. The number of aromatic amines is 2. The number of allylic oxidation sites excluding steroid dienone is 1. The van der Waals surface area contributed by atoms with Crippen molar-refractivity contribution in [3.05, 3.63) is 86.4 Å². The van der Waals surface area contributed by atoms with Crippen LogP contribution in [0.2, 0.25) is 0 Å². The number of H-pyrrole nitrogens is 2. The largest absolute Gasteiger partial charge is 0.478 e. The van der Waals surface area contributed by atoms with Gasteiger partial charge in [0.1, 0.15) is 36.4 Å². The van der Waals surface area contributed by atoms with Gasteiger partial charge in [-0.15, -0.1) is 0 Å². The third-order valence-electron chi connectivity index (χ3n) is 14.0. The van der Waals surface area contributed by atoms with E-state index in [4.69, 9.17) is 28.7 Å². The van der Waals surface area contributed by atoms with Crippen molar-refractivity contribution in [1.29, 1.82) is 0 Å². The first-order chi connectivity index (χ1) is 33.7. The highest BCUT2D eigenvalue weighted by Crippen LogP contribution is 2.49. The average molecular weight is 993 g/mol. The molecule has 23 heteroatoms. The monoisotopic (exact) mass is 992 g/mol. The molecule has 6 heterocycles. The summed E-state index contributed by atoms with van der Waals surface area (Å²) in [6.07, 6.45) is -10.5. The Kier molecular flexibility index (Phi) is 15.5. The minimum Gasteiger partial charge on any atom is -0.478 e. The van der Waals surface area contributed by atoms with Crippen LogP contribution in [0, 0.1) is 31.6 Å². The summed E-state index contributed by atoms with van der Waals surface area (Å²) < 4.78 is 26.8. The number of ether oxygens (including phenoxy) is 5. The van der Waals surface area contributed by atoms with Crippen LogP contribution in [-0.4, -0.2) is 169 Å². The maximum Gasteiger partial charge on any atom is 0.370 e. The van der Waals surface area contributed by atoms with Crippen LogP contribution in [-0.2, 0) is 60.5 Å². The van der Waals surface area contributed by atoms with Gasteiger partial charge in [0.15, 0.2) is 24.5 Å². The first kappa shape index (κ1) is 52.2. The summed E-state index contributed by atoms with van der Waals surface area (Å²) in [6, 6.07) is -0.509. The van der Waals surface area contributed by atoms with Gasteiger partial charge in [-0.25, -0.2) is 9.59 Å². The topological polar surface area (TPSA) is 363 Å². The molecule has 4 aliphatic heterocycles. The van der Waals surface area contributed by atoms with Gasteiger partial charge >= 0.3 is 23.9 Å². The first-order valence-electron chi connectivity index (χ1n) is 22.8. The number of fused-ring (bicyclic) bond motifs is 1. The van der Waals surface area contributed by atoms with Gasteiger partial charge in [-0.1, -0.05) is 19.6 Å². The molecular weight excluding hydrogens is 937 g/mol. The lowest BCUT2D eigenvalue weighted by Crippen LogP contribution is -2.59. The molecule has 382 valence electrons. The van der Waals surface area contributed by atoms with Gasteiger partial charge in [-0.05, 0) is 62.0 Å². The summed E-state index contributed by atoms with van der Waals surface area (Å²) >= 11 is 0. The molecule has 0 saturated carbocycles. The summed E-state index contributed by atoms with van der Waals surface area (Å²) in [7, 11) is 1.13. The number of aliphatic hydroxyl groups excluding tert-OH is 5. The highest BCUT2D eigenvalue weighted by atomic mass is 16.7. The molecule has 2 aromatic heterocycles. The molecule has 1 fully saturated rings. The minimum atomic E-state index is -2.06. The number of Topliss-reactive ketones (excluding diaryl/α,β-unsaturated/α-hetero) is 1. The molecule has 0 spiro atoms. The summed E-state index contributed by atoms with van der Waals surface area (Å²) in [5, 5.41) is 73.2. The number of aromatic nitrogens is 2. The number of hydrogen-bond donors (Lipinski definition) is 10. The molecule has 12 atom stereocenters. The Morgan fingerprint density at radius 3 is 2.32 bits per heavy atom. The van der Waals surface area contributed by atoms with Crippen LogP contribution in [0.5, 0.6) is 0 Å². The maximum absolute atomic E-state index is 14.6. The Bertz CT molecular complexity index is 2670. The smallest absolute Gasteiger partial charge is 0.370 e. The number of carbonyl (C=O) groups is 7. The molecule has 0 aromatic carbocycles. The number of aliphatic imine (C=N–C) groups is 1. The number of nitrogens with one attached hydrogen (secondary N) is 3. The van der Waals surface area contributed by atoms with Crippen LogP contribution in [0.4, 0.5) is 0 Å². The van der Waals surface area contributed by atoms with E-state index < -0.39 is 121 Å². The van der Waals surface area contributed by atoms with E-state index in [1.54, 1.807) is 20.8 Å². The van der Waals surface area contributed by atoms with Crippen molar-refractivity contribution in [3.8, 4) is 0 Å². The number of methoxy groups -OCH3 is 1. The zero-order valence-electron chi connectivity index (χ0n) is 39.3. The Balaban J connectivity index is 1.24. The van der Waals surface area contributed by atoms with Gasteiger partial charge in [0.05, 0.1) is 43.5 Å². The van der Waals surface area contributed by atoms with E-state index in [2.05, 4.69) is 21.9 Å². The third-order valence-corrected chi connectivity index (χ3v) is 14.0. The van der Waals surface area contributed by atoms with Gasteiger partial charge in [0.2, 0.25) is 11.9 Å². The molecule has 0 unspecified atom stereocenters. The number of ketones is 1. The predicted octanol–water partition coefficient (Wildman–Crippen LogP) is 0.0212. The number of carboxylic acid groups (broad SMARTS) is 2. The van der Waals surface area contributed by atoms with E-state index in [1.165, 1.54) is 6.08 Å². The summed E-state index contributed by atoms with van der Waals surface area (Å²) in [4.78, 5) is 102. The SMILES string of the molecule is C=CC1=C(C)[C@@H](CC2=NC(=C3c4[nH]c(Cc5[nH]c(C=O)c(C)c5CCO[C@@H]5O[C@H](CO)[C@@H](O)[C@H](O)[C@H]5O)c(C)c4C(=O)[C@@H]3C(=O)OC)[C@@H](CCC(=O)O[C@H]3[C@H](O)C=C(C(=O)O)O[C@@H]3C(=O)O)[C@@H]2C)NC1=O. The molecule has 1 aliphatic carbocycles. The fourth-order valence-electron chi connectivity index (χ4n) is 10.0. The Morgan fingerprint density at radius 1 is 0.986 bits per heavy atom. The molecule has 1 saturated heterocycles. The van der Waals surface area contributed by atoms with E-state index in [-0.39, 0.29) is 66.4 Å². The Morgan fingerprint density at radius 2 is 1.70 bits per heavy atom. The van der Waals surface area contributed by atoms with E-state index in [1.807, 2.05) is 6.92 Å². The highest BCUT2D eigenvalue weighted by molar-refractivity contribution is 6.24. The molecule has 1 amide bonds. The third kappa shape index (κ3) is 9.77. The molecule has 7 rings (SSSR count). The lowest BCUT2D eigenvalue weighted by Gasteiger charge is -2.39. The molecule has 2 aromatic rings. The molecule has 71 heavy (non-hydrogen) atoms. The summed E-state index contributed by atoms with van der Waals surface area (Å²) in [5.74, 6) is -9.77. The zero-order valence-corrected chi connectivity index (χ0v) is 39.3. The van der Waals surface area contributed by atoms with E-state index in [0.717, 1.165) is 7.11 Å². The second-order valence-corrected chi connectivity index (χ2v) is 18.1. The number of nitrogens with zero attached hydrogens (tertiary/aromatic N) is 1. The number of carboxylic acids is 2. The van der Waals surface area contributed by atoms with Crippen molar-refractivity contribution in [2.75, 3.05) is 20.3 Å². The molecule has 23 nitrogen and oxygen atoms in total. The van der Waals surface area contributed by atoms with Gasteiger partial charge in [0.25, 0.3) is 5.91 Å². The second-order valence-electron chi connectivity index (χ2n) is 18.1. The number of rotatable bonds is 18. The second kappa shape index (κ2) is 21.0. The van der Waals surface area contributed by atoms with Crippen LogP contribution in [0.15, 0.2) is 46.3 Å². The van der Waals surface area contributed by atoms with Gasteiger partial charge in [-0.3, -0.25) is 29.0 Å². The first-order valence-corrected chi connectivity index (χ1v) is 22.8. The lowest BCUT2D eigenvalue weighted by atomic mass is 9.82. The number of aliphatic carboxylic acids is 2. The van der Waals surface area contributed by atoms with E-state index in [9.17, 15) is 69.3 Å². The standard InChI is InChI=1S/C48H56N4O19/c1-7-21-17(2)25(52-44(21)61)12-24-19(4)23(8-9-32(56)71-42-29(55)14-30(45(62)63)69-43(42)46(64)65)36(50-24)34-35(47(66)67-6)39(58)33-20(5)26(51-37(33)34)13-27-22(18(3)28(15-53)49-27)10-11-68-48-41(60)40(59)38(57)31(16-54)70-48/h7,14-15,19,23,25,29,31,35,38,40-43,48-49,51,54-55,57,59-60H,1,8-13,16H2,2-6H3,(H,52,61)(H,62,63)(H,64,65)/t19-,23-,25+,29+,31+,35+,38+,40-,41+,42-,43-,48+/m0/s1. The van der Waals surface area contributed by atoms with Gasteiger partial charge < -0.3 is 74.7 Å². The highest BCUT2D eigenvalue weighted by Gasteiger charge is 2.50. The van der Waals surface area contributed by atoms with E-state index in [0.29, 0.717) is 57.3 Å². The van der Waals surface area contributed by atoms with Crippen LogP contribution < -0.4 is 5.32 Å². The summed E-state index contributed by atoms with van der Waals surface area (Å²) in [5.41, 5.74) is 5.42. The van der Waals surface area contributed by atoms with Crippen LogP contribution in [0.3, 0.4) is 0 Å². The van der Waals surface area contributed by atoms with Crippen molar-refractivity contribution in [3.63, 3.8) is 0 Å². The fourth-order valence-corrected chi connectivity index (χ4v) is 10.0. The molecule has 0 radical (unpaired) electrons. The molecular formula is C48H56N4O19. The van der Waals surface area contributed by atoms with Crippen molar-refractivity contribution < 1.29 is 93.0 Å². The minimum absolute atomic E-state index is 0.0675. The van der Waals surface area contributed by atoms with Crippen molar-refractivity contribution >= 4 is 53.1 Å². The number of esters is 2. The van der Waals surface area contributed by atoms with E-state index >= 15 is 0 Å². The van der Waals surface area contributed by atoms with Crippen molar-refractivity contribution in [1.82, 2.24) is 15.3 Å². The van der Waals surface area contributed by atoms with Crippen LogP contribution >= 0.6 is 0 Å². The molecule has 10 N–H and O–H groups in total. The van der Waals surface area contributed by atoms with Crippen LogP contribution in [0.25, 0.3) is 5.57 Å². The number of carbonyl (C=O) groups excluding carboxylic acids is 5. The van der Waals surface area contributed by atoms with Gasteiger partial charge in [-0.2, -0.15) is 0 Å². The molecule has 5 aliphatic rings. The maximum atomic E-state index is 14.6. The Hall–Kier alpha value is -6.60. The van der Waals surface area contributed by atoms with Crippen LogP contribution in [0.1, 0.15) is 87.7 Å². The van der Waals surface area contributed by atoms with Crippen molar-refractivity contribution in [2.45, 2.75) is 115 Å². The predicted molar refractivity (Wildman–Crippen MR) is 242 cm³/mol. The number of aldehydes is 1. The quantitative estimate of drug-likeness (QED) is 0.0535. The average Bonchev–Trinajstić information content (AvgIpc) is 4.08. The lowest BCUT2D eigenvalue weighted by molar-refractivity contribution is -0.300.